The van der Waals surface area contributed by atoms with Gasteiger partial charge in [-0.25, -0.2) is 0 Å². The summed E-state index contributed by atoms with van der Waals surface area (Å²) in [7, 11) is -3.34. The highest BCUT2D eigenvalue weighted by Gasteiger charge is 2.38. The molecule has 1 unspecified atom stereocenters. The molecule has 5 heteroatoms. The summed E-state index contributed by atoms with van der Waals surface area (Å²) in [6.45, 7) is 6.17. The SMILES string of the molecule is Cc1cc(C)cc(C2CCCN2S(=O)(=O)N2CCCCCC2)c1. The number of rotatable bonds is 3. The Bertz CT molecular complexity index is 629. The van der Waals surface area contributed by atoms with Crippen LogP contribution in [0.2, 0.25) is 0 Å². The first kappa shape index (κ1) is 16.9. The molecule has 128 valence electrons. The van der Waals surface area contributed by atoms with Gasteiger partial charge >= 0.3 is 0 Å². The molecule has 2 aliphatic heterocycles. The molecular formula is C18H28N2O2S. The molecule has 0 radical (unpaired) electrons. The highest BCUT2D eigenvalue weighted by Crippen LogP contribution is 2.36. The molecule has 2 heterocycles. The summed E-state index contributed by atoms with van der Waals surface area (Å²) >= 11 is 0. The second-order valence-corrected chi connectivity index (χ2v) is 8.89. The molecule has 4 nitrogen and oxygen atoms in total. The van der Waals surface area contributed by atoms with Gasteiger partial charge in [-0.3, -0.25) is 0 Å². The zero-order valence-corrected chi connectivity index (χ0v) is 15.1. The van der Waals surface area contributed by atoms with E-state index in [2.05, 4.69) is 32.0 Å². The van der Waals surface area contributed by atoms with E-state index in [-0.39, 0.29) is 6.04 Å². The summed E-state index contributed by atoms with van der Waals surface area (Å²) in [5.74, 6) is 0. The maximum atomic E-state index is 13.1. The van der Waals surface area contributed by atoms with Gasteiger partial charge in [-0.05, 0) is 45.1 Å². The van der Waals surface area contributed by atoms with E-state index in [0.717, 1.165) is 44.1 Å². The lowest BCUT2D eigenvalue weighted by molar-refractivity contribution is 0.330. The number of benzene rings is 1. The quantitative estimate of drug-likeness (QED) is 0.847. The molecule has 3 rings (SSSR count). The van der Waals surface area contributed by atoms with Crippen molar-refractivity contribution in [3.63, 3.8) is 0 Å². The van der Waals surface area contributed by atoms with Crippen molar-refractivity contribution >= 4 is 10.2 Å². The molecule has 0 amide bonds. The van der Waals surface area contributed by atoms with Crippen molar-refractivity contribution in [3.8, 4) is 0 Å². The van der Waals surface area contributed by atoms with Gasteiger partial charge in [0.1, 0.15) is 0 Å². The van der Waals surface area contributed by atoms with Crippen LogP contribution in [0.1, 0.15) is 61.3 Å². The largest absolute Gasteiger partial charge is 0.282 e. The normalized spacial score (nSPS) is 24.7. The number of hydrogen-bond donors (Lipinski definition) is 0. The molecule has 0 saturated carbocycles. The van der Waals surface area contributed by atoms with Crippen LogP contribution in [0.15, 0.2) is 18.2 Å². The van der Waals surface area contributed by atoms with Crippen molar-refractivity contribution < 1.29 is 8.42 Å². The Kier molecular flexibility index (Phi) is 5.09. The summed E-state index contributed by atoms with van der Waals surface area (Å²) < 4.78 is 29.8. The van der Waals surface area contributed by atoms with Gasteiger partial charge in [0.25, 0.3) is 10.2 Å². The Labute approximate surface area is 140 Å². The first-order valence-corrected chi connectivity index (χ1v) is 10.2. The average Bonchev–Trinajstić information content (AvgIpc) is 2.82. The smallest absolute Gasteiger partial charge is 0.195 e. The Morgan fingerprint density at radius 1 is 0.870 bits per heavy atom. The minimum atomic E-state index is -3.34. The highest BCUT2D eigenvalue weighted by atomic mass is 32.2. The maximum absolute atomic E-state index is 13.1. The van der Waals surface area contributed by atoms with Crippen molar-refractivity contribution in [1.29, 1.82) is 0 Å². The number of nitrogens with zero attached hydrogens (tertiary/aromatic N) is 2. The maximum Gasteiger partial charge on any atom is 0.282 e. The van der Waals surface area contributed by atoms with E-state index in [0.29, 0.717) is 19.6 Å². The lowest BCUT2D eigenvalue weighted by Gasteiger charge is -2.30. The molecule has 0 bridgehead atoms. The summed E-state index contributed by atoms with van der Waals surface area (Å²) in [4.78, 5) is 0. The van der Waals surface area contributed by atoms with Gasteiger partial charge in [0.05, 0.1) is 6.04 Å². The van der Waals surface area contributed by atoms with E-state index in [4.69, 9.17) is 0 Å². The van der Waals surface area contributed by atoms with Crippen molar-refractivity contribution in [3.05, 3.63) is 34.9 Å². The van der Waals surface area contributed by atoms with Gasteiger partial charge in [-0.2, -0.15) is 17.0 Å². The molecule has 23 heavy (non-hydrogen) atoms. The van der Waals surface area contributed by atoms with Gasteiger partial charge in [-0.15, -0.1) is 0 Å². The second-order valence-electron chi connectivity index (χ2n) is 7.01. The van der Waals surface area contributed by atoms with E-state index < -0.39 is 10.2 Å². The van der Waals surface area contributed by atoms with Crippen LogP contribution in [0.4, 0.5) is 0 Å². The minimum Gasteiger partial charge on any atom is -0.195 e. The molecule has 0 spiro atoms. The fourth-order valence-corrected chi connectivity index (χ4v) is 5.90. The molecule has 1 atom stereocenters. The molecule has 2 fully saturated rings. The van der Waals surface area contributed by atoms with Crippen LogP contribution in [0, 0.1) is 13.8 Å². The van der Waals surface area contributed by atoms with Crippen LogP contribution < -0.4 is 0 Å². The topological polar surface area (TPSA) is 40.6 Å². The zero-order valence-electron chi connectivity index (χ0n) is 14.3. The van der Waals surface area contributed by atoms with E-state index >= 15 is 0 Å². The average molecular weight is 337 g/mol. The highest BCUT2D eigenvalue weighted by molar-refractivity contribution is 7.86. The van der Waals surface area contributed by atoms with E-state index in [9.17, 15) is 8.42 Å². The lowest BCUT2D eigenvalue weighted by atomic mass is 10.0. The van der Waals surface area contributed by atoms with Crippen molar-refractivity contribution in [2.24, 2.45) is 0 Å². The van der Waals surface area contributed by atoms with Crippen LogP contribution in [0.3, 0.4) is 0 Å². The van der Waals surface area contributed by atoms with Crippen molar-refractivity contribution in [1.82, 2.24) is 8.61 Å². The molecule has 1 aromatic carbocycles. The molecule has 2 saturated heterocycles. The van der Waals surface area contributed by atoms with Gasteiger partial charge in [0.2, 0.25) is 0 Å². The van der Waals surface area contributed by atoms with E-state index in [1.165, 1.54) is 11.1 Å². The van der Waals surface area contributed by atoms with Gasteiger partial charge in [-0.1, -0.05) is 42.2 Å². The summed E-state index contributed by atoms with van der Waals surface area (Å²) in [6, 6.07) is 6.44. The van der Waals surface area contributed by atoms with Crippen LogP contribution in [-0.2, 0) is 10.2 Å². The molecule has 2 aliphatic rings. The monoisotopic (exact) mass is 336 g/mol. The minimum absolute atomic E-state index is 0.00172. The fraction of sp³-hybridized carbons (Fsp3) is 0.667. The van der Waals surface area contributed by atoms with E-state index in [1.54, 1.807) is 8.61 Å². The van der Waals surface area contributed by atoms with E-state index in [1.807, 2.05) is 0 Å². The number of hydrogen-bond acceptors (Lipinski definition) is 2. The Morgan fingerprint density at radius 3 is 2.09 bits per heavy atom. The van der Waals surface area contributed by atoms with Crippen LogP contribution in [0.5, 0.6) is 0 Å². The molecule has 1 aromatic rings. The van der Waals surface area contributed by atoms with Crippen LogP contribution in [0.25, 0.3) is 0 Å². The van der Waals surface area contributed by atoms with Crippen LogP contribution in [-0.4, -0.2) is 36.7 Å². The van der Waals surface area contributed by atoms with Crippen molar-refractivity contribution in [2.75, 3.05) is 19.6 Å². The third kappa shape index (κ3) is 3.62. The molecular weight excluding hydrogens is 308 g/mol. The molecule has 0 N–H and O–H groups in total. The zero-order chi connectivity index (χ0) is 16.4. The Hall–Kier alpha value is -0.910. The summed E-state index contributed by atoms with van der Waals surface area (Å²) in [5, 5.41) is 0. The third-order valence-corrected chi connectivity index (χ3v) is 7.07. The predicted octanol–water partition coefficient (Wildman–Crippen LogP) is 3.56. The van der Waals surface area contributed by atoms with Gasteiger partial charge < -0.3 is 0 Å². The van der Waals surface area contributed by atoms with Crippen molar-refractivity contribution in [2.45, 2.75) is 58.4 Å². The predicted molar refractivity (Wildman–Crippen MR) is 93.6 cm³/mol. The second kappa shape index (κ2) is 6.91. The van der Waals surface area contributed by atoms with Gasteiger partial charge in [0.15, 0.2) is 0 Å². The Balaban J connectivity index is 1.88. The first-order valence-electron chi connectivity index (χ1n) is 8.83. The molecule has 0 aromatic heterocycles. The van der Waals surface area contributed by atoms with Crippen LogP contribution >= 0.6 is 0 Å². The fourth-order valence-electron chi connectivity index (χ4n) is 3.97. The summed E-state index contributed by atoms with van der Waals surface area (Å²) in [6.07, 6.45) is 6.14. The number of aryl methyl sites for hydroxylation is 2. The standard InChI is InChI=1S/C18H28N2O2S/c1-15-12-16(2)14-17(13-15)18-8-7-11-20(18)23(21,22)19-9-5-3-4-6-10-19/h12-14,18H,3-11H2,1-2H3. The first-order chi connectivity index (χ1) is 11.0. The Morgan fingerprint density at radius 2 is 1.48 bits per heavy atom. The summed E-state index contributed by atoms with van der Waals surface area (Å²) in [5.41, 5.74) is 3.57. The molecule has 0 aliphatic carbocycles. The lowest BCUT2D eigenvalue weighted by Crippen LogP contribution is -2.43. The third-order valence-electron chi connectivity index (χ3n) is 5.02. The van der Waals surface area contributed by atoms with Gasteiger partial charge in [0, 0.05) is 19.6 Å².